The Bertz CT molecular complexity index is 1360. The highest BCUT2D eigenvalue weighted by molar-refractivity contribution is 7.93. The lowest BCUT2D eigenvalue weighted by molar-refractivity contribution is -0.0429. The van der Waals surface area contributed by atoms with Crippen LogP contribution in [0.1, 0.15) is 48.4 Å². The molecule has 38 heavy (non-hydrogen) atoms. The molecule has 1 heterocycles. The molecule has 3 aromatic rings. The van der Waals surface area contributed by atoms with E-state index in [9.17, 15) is 26.4 Å². The molecule has 0 radical (unpaired) electrons. The molecular weight excluding hydrogens is 521 g/mol. The summed E-state index contributed by atoms with van der Waals surface area (Å²) in [7, 11) is -3.79. The van der Waals surface area contributed by atoms with Crippen LogP contribution in [0.4, 0.5) is 24.7 Å². The highest BCUT2D eigenvalue weighted by Crippen LogP contribution is 2.32. The van der Waals surface area contributed by atoms with Crippen molar-refractivity contribution in [2.24, 2.45) is 0 Å². The number of para-hydroxylation sites is 1. The minimum absolute atomic E-state index is 0.186. The molecule has 1 aromatic heterocycles. The van der Waals surface area contributed by atoms with Gasteiger partial charge in [0.25, 0.3) is 0 Å². The zero-order valence-corrected chi connectivity index (χ0v) is 22.1. The summed E-state index contributed by atoms with van der Waals surface area (Å²) in [4.78, 5) is 23.2. The number of hydrogen-bond acceptors (Lipinski definition) is 7. The van der Waals surface area contributed by atoms with Crippen LogP contribution in [0.3, 0.4) is 0 Å². The van der Waals surface area contributed by atoms with Gasteiger partial charge >= 0.3 is 21.5 Å². The Kier molecular flexibility index (Phi) is 9.31. The van der Waals surface area contributed by atoms with Crippen LogP contribution < -0.4 is 9.62 Å². The Morgan fingerprint density at radius 2 is 1.76 bits per heavy atom. The fraction of sp³-hybridized carbons (Fsp3) is 0.346. The molecule has 12 heteroatoms. The molecule has 0 spiro atoms. The fourth-order valence-corrected chi connectivity index (χ4v) is 4.26. The quantitative estimate of drug-likeness (QED) is 0.312. The number of benzene rings is 2. The summed E-state index contributed by atoms with van der Waals surface area (Å²) in [6.07, 6.45) is 4.03. The van der Waals surface area contributed by atoms with Crippen LogP contribution >= 0.6 is 0 Å². The fourth-order valence-electron chi connectivity index (χ4n) is 3.67. The second kappa shape index (κ2) is 12.2. The highest BCUT2D eigenvalue weighted by atomic mass is 32.2. The lowest BCUT2D eigenvalue weighted by Gasteiger charge is -2.21. The van der Waals surface area contributed by atoms with Gasteiger partial charge in [0.2, 0.25) is 0 Å². The number of carbonyl (C=O) groups is 1. The van der Waals surface area contributed by atoms with Crippen molar-refractivity contribution >= 4 is 27.5 Å². The summed E-state index contributed by atoms with van der Waals surface area (Å²) in [5.41, 5.74) is -3.73. The van der Waals surface area contributed by atoms with E-state index in [1.54, 1.807) is 53.9 Å². The minimum atomic E-state index is -5.57. The van der Waals surface area contributed by atoms with E-state index in [4.69, 9.17) is 4.74 Å². The van der Waals surface area contributed by atoms with Crippen molar-refractivity contribution in [3.8, 4) is 11.1 Å². The number of ether oxygens (including phenoxy) is 1. The molecule has 0 bridgehead atoms. The summed E-state index contributed by atoms with van der Waals surface area (Å²) < 4.78 is 68.7. The van der Waals surface area contributed by atoms with Crippen molar-refractivity contribution in [2.45, 2.75) is 45.2 Å². The number of nitrogens with one attached hydrogen (secondary N) is 1. The maximum absolute atomic E-state index is 12.9. The van der Waals surface area contributed by atoms with Crippen molar-refractivity contribution in [1.29, 1.82) is 0 Å². The number of anilines is 2. The van der Waals surface area contributed by atoms with Gasteiger partial charge in [-0.2, -0.15) is 21.6 Å². The molecule has 204 valence electrons. The zero-order chi connectivity index (χ0) is 27.9. The molecule has 0 saturated carbocycles. The van der Waals surface area contributed by atoms with Gasteiger partial charge in [-0.15, -0.1) is 0 Å². The van der Waals surface area contributed by atoms with E-state index in [1.807, 2.05) is 0 Å². The predicted octanol–water partition coefficient (Wildman–Crippen LogP) is 5.56. The Morgan fingerprint density at radius 1 is 1.08 bits per heavy atom. The molecular formula is C26H29F3N4O4S. The maximum atomic E-state index is 12.9. The van der Waals surface area contributed by atoms with Crippen LogP contribution in [0, 0.1) is 0 Å². The summed E-state index contributed by atoms with van der Waals surface area (Å²) in [6, 6.07) is 12.7. The zero-order valence-electron chi connectivity index (χ0n) is 21.2. The minimum Gasteiger partial charge on any atom is -0.462 e. The number of sulfonamides is 1. The lowest BCUT2D eigenvalue weighted by atomic mass is 10.0. The molecule has 2 aromatic carbocycles. The smallest absolute Gasteiger partial charge is 0.462 e. The Hall–Kier alpha value is -3.67. The first-order chi connectivity index (χ1) is 18.0. The number of carbonyl (C=O) groups excluding carboxylic acids is 1. The van der Waals surface area contributed by atoms with Crippen molar-refractivity contribution in [3.63, 3.8) is 0 Å². The van der Waals surface area contributed by atoms with E-state index in [-0.39, 0.29) is 17.9 Å². The third-order valence-electron chi connectivity index (χ3n) is 5.59. The van der Waals surface area contributed by atoms with E-state index in [0.717, 1.165) is 18.4 Å². The Labute approximate surface area is 219 Å². The van der Waals surface area contributed by atoms with Crippen LogP contribution in [0.15, 0.2) is 54.7 Å². The number of halogens is 3. The number of aryl methyl sites for hydroxylation is 1. The third-order valence-corrected chi connectivity index (χ3v) is 6.69. The van der Waals surface area contributed by atoms with E-state index in [2.05, 4.69) is 16.9 Å². The second-order valence-electron chi connectivity index (χ2n) is 8.50. The average molecular weight is 551 g/mol. The maximum Gasteiger partial charge on any atom is 0.516 e. The first-order valence-corrected chi connectivity index (χ1v) is 13.5. The van der Waals surface area contributed by atoms with Crippen molar-refractivity contribution < 1.29 is 31.1 Å². The SMILES string of the molecule is CCCCc1ncc(C(=O)OCC)c(N(C)Cc2ccc(-c3ccccc3NS(=O)(=O)C(F)(F)F)cc2)n1. The number of nitrogens with zero attached hydrogens (tertiary/aromatic N) is 3. The van der Waals surface area contributed by atoms with Crippen molar-refractivity contribution in [3.05, 3.63) is 71.7 Å². The number of alkyl halides is 3. The second-order valence-corrected chi connectivity index (χ2v) is 10.2. The van der Waals surface area contributed by atoms with Gasteiger partial charge in [-0.3, -0.25) is 4.72 Å². The summed E-state index contributed by atoms with van der Waals surface area (Å²) in [5, 5.41) is 0. The van der Waals surface area contributed by atoms with Gasteiger partial charge in [0.05, 0.1) is 12.3 Å². The van der Waals surface area contributed by atoms with Crippen LogP contribution in [-0.4, -0.2) is 43.5 Å². The molecule has 0 aliphatic carbocycles. The normalized spacial score (nSPS) is 11.7. The number of unbranched alkanes of at least 4 members (excludes halogenated alkanes) is 1. The van der Waals surface area contributed by atoms with Crippen molar-refractivity contribution in [1.82, 2.24) is 9.97 Å². The first-order valence-electron chi connectivity index (χ1n) is 12.0. The average Bonchev–Trinajstić information content (AvgIpc) is 2.87. The van der Waals surface area contributed by atoms with Gasteiger partial charge in [-0.25, -0.2) is 14.8 Å². The summed E-state index contributed by atoms with van der Waals surface area (Å²) in [5.74, 6) is 0.528. The van der Waals surface area contributed by atoms with E-state index in [0.29, 0.717) is 35.7 Å². The third kappa shape index (κ3) is 7.00. The number of rotatable bonds is 11. The number of esters is 1. The van der Waals surface area contributed by atoms with Crippen LogP contribution in [0.2, 0.25) is 0 Å². The standard InChI is InChI=1S/C26H29F3N4O4S/c1-4-6-11-23-30-16-21(25(34)37-5-2)24(31-23)33(3)17-18-12-14-19(15-13-18)20-9-7-8-10-22(20)32-38(35,36)26(27,28)29/h7-10,12-16,32H,4-6,11,17H2,1-3H3. The van der Waals surface area contributed by atoms with Gasteiger partial charge in [-0.05, 0) is 30.5 Å². The molecule has 3 rings (SSSR count). The molecule has 0 aliphatic rings. The van der Waals surface area contributed by atoms with Crippen LogP contribution in [0.25, 0.3) is 11.1 Å². The number of aromatic nitrogens is 2. The molecule has 0 fully saturated rings. The van der Waals surface area contributed by atoms with Crippen LogP contribution in [-0.2, 0) is 27.7 Å². The topological polar surface area (TPSA) is 101 Å². The molecule has 8 nitrogen and oxygen atoms in total. The first kappa shape index (κ1) is 28.9. The predicted molar refractivity (Wildman–Crippen MR) is 139 cm³/mol. The monoisotopic (exact) mass is 550 g/mol. The summed E-state index contributed by atoms with van der Waals surface area (Å²) in [6.45, 7) is 4.35. The molecule has 1 N–H and O–H groups in total. The largest absolute Gasteiger partial charge is 0.516 e. The Morgan fingerprint density at radius 3 is 2.39 bits per heavy atom. The van der Waals surface area contributed by atoms with E-state index >= 15 is 0 Å². The van der Waals surface area contributed by atoms with Crippen molar-refractivity contribution in [2.75, 3.05) is 23.3 Å². The van der Waals surface area contributed by atoms with Gasteiger partial charge < -0.3 is 9.64 Å². The van der Waals surface area contributed by atoms with E-state index in [1.165, 1.54) is 24.4 Å². The van der Waals surface area contributed by atoms with E-state index < -0.39 is 21.5 Å². The highest BCUT2D eigenvalue weighted by Gasteiger charge is 2.46. The van der Waals surface area contributed by atoms with Gasteiger partial charge in [0.15, 0.2) is 0 Å². The van der Waals surface area contributed by atoms with Crippen LogP contribution in [0.5, 0.6) is 0 Å². The molecule has 0 unspecified atom stereocenters. The molecule has 0 aliphatic heterocycles. The van der Waals surface area contributed by atoms with Gasteiger partial charge in [-0.1, -0.05) is 55.8 Å². The number of hydrogen-bond donors (Lipinski definition) is 1. The lowest BCUT2D eigenvalue weighted by Crippen LogP contribution is -2.30. The molecule has 0 atom stereocenters. The Balaban J connectivity index is 1.86. The van der Waals surface area contributed by atoms with Gasteiger partial charge in [0, 0.05) is 31.8 Å². The van der Waals surface area contributed by atoms with Gasteiger partial charge in [0.1, 0.15) is 17.2 Å². The molecule has 0 amide bonds. The molecule has 0 saturated heterocycles. The summed E-state index contributed by atoms with van der Waals surface area (Å²) >= 11 is 0.